The van der Waals surface area contributed by atoms with Gasteiger partial charge in [-0.25, -0.2) is 0 Å². The van der Waals surface area contributed by atoms with E-state index in [1.54, 1.807) is 0 Å². The molecule has 0 aliphatic carbocycles. The maximum Gasteiger partial charge on any atom is 0.142 e. The molecule has 3 aromatic rings. The molecule has 0 saturated carbocycles. The first-order valence-electron chi connectivity index (χ1n) is 6.46. The lowest BCUT2D eigenvalue weighted by atomic mass is 9.97. The summed E-state index contributed by atoms with van der Waals surface area (Å²) in [6, 6.07) is 10.0. The van der Waals surface area contributed by atoms with Crippen LogP contribution in [0.3, 0.4) is 0 Å². The van der Waals surface area contributed by atoms with E-state index in [1.165, 1.54) is 5.56 Å². The van der Waals surface area contributed by atoms with Gasteiger partial charge in [-0.1, -0.05) is 49.7 Å². The topological polar surface area (TPSA) is 39.2 Å². The predicted molar refractivity (Wildman–Crippen MR) is 80.7 cm³/mol. The summed E-state index contributed by atoms with van der Waals surface area (Å²) < 4.78 is 5.99. The van der Waals surface area contributed by atoms with Gasteiger partial charge in [-0.15, -0.1) is 0 Å². The highest BCUT2D eigenvalue weighted by molar-refractivity contribution is 6.37. The maximum absolute atomic E-state index is 6.39. The second-order valence-corrected chi connectivity index (χ2v) is 5.49. The van der Waals surface area contributed by atoms with Crippen LogP contribution in [-0.2, 0) is 6.54 Å². The quantitative estimate of drug-likeness (QED) is 0.727. The normalized spacial score (nSPS) is 11.8. The number of nitrogens with two attached hydrogens (primary N) is 1. The molecule has 3 heteroatoms. The van der Waals surface area contributed by atoms with E-state index in [2.05, 4.69) is 13.8 Å². The van der Waals surface area contributed by atoms with Gasteiger partial charge in [0.25, 0.3) is 0 Å². The van der Waals surface area contributed by atoms with Gasteiger partial charge in [-0.2, -0.15) is 0 Å². The predicted octanol–water partition coefficient (Wildman–Crippen LogP) is 4.82. The van der Waals surface area contributed by atoms with Crippen molar-refractivity contribution < 1.29 is 4.42 Å². The van der Waals surface area contributed by atoms with E-state index in [0.29, 0.717) is 12.5 Å². The second-order valence-electron chi connectivity index (χ2n) is 5.08. The molecule has 1 aromatic heterocycles. The van der Waals surface area contributed by atoms with Crippen LogP contribution >= 0.6 is 11.6 Å². The maximum atomic E-state index is 6.39. The molecule has 0 saturated heterocycles. The highest BCUT2D eigenvalue weighted by Gasteiger charge is 2.18. The molecular formula is C16H16ClNO. The summed E-state index contributed by atoms with van der Waals surface area (Å²) in [6.07, 6.45) is 0. The average Bonchev–Trinajstić information content (AvgIpc) is 2.77. The molecule has 2 aromatic carbocycles. The van der Waals surface area contributed by atoms with Crippen LogP contribution in [0.4, 0.5) is 0 Å². The van der Waals surface area contributed by atoms with E-state index in [4.69, 9.17) is 21.8 Å². The minimum Gasteiger partial charge on any atom is -0.459 e. The van der Waals surface area contributed by atoms with E-state index >= 15 is 0 Å². The zero-order valence-corrected chi connectivity index (χ0v) is 11.8. The average molecular weight is 274 g/mol. The van der Waals surface area contributed by atoms with Gasteiger partial charge in [0, 0.05) is 26.7 Å². The van der Waals surface area contributed by atoms with Crippen molar-refractivity contribution in [2.45, 2.75) is 26.3 Å². The third-order valence-corrected chi connectivity index (χ3v) is 3.84. The van der Waals surface area contributed by atoms with Crippen LogP contribution in [0.2, 0.25) is 5.02 Å². The first-order chi connectivity index (χ1) is 9.13. The van der Waals surface area contributed by atoms with Crippen molar-refractivity contribution in [1.29, 1.82) is 0 Å². The Hall–Kier alpha value is -1.51. The SMILES string of the molecule is CC(C)c1c(CN)oc2c1cc(Cl)c1ccccc12. The molecule has 19 heavy (non-hydrogen) atoms. The van der Waals surface area contributed by atoms with Crippen LogP contribution in [-0.4, -0.2) is 0 Å². The highest BCUT2D eigenvalue weighted by Crippen LogP contribution is 2.38. The number of rotatable bonds is 2. The first kappa shape index (κ1) is 12.5. The molecule has 0 unspecified atom stereocenters. The Balaban J connectivity index is 2.51. The van der Waals surface area contributed by atoms with Crippen LogP contribution in [0.1, 0.15) is 31.1 Å². The van der Waals surface area contributed by atoms with Crippen molar-refractivity contribution in [3.8, 4) is 0 Å². The molecule has 98 valence electrons. The number of benzene rings is 2. The first-order valence-corrected chi connectivity index (χ1v) is 6.84. The zero-order valence-electron chi connectivity index (χ0n) is 11.0. The lowest BCUT2D eigenvalue weighted by molar-refractivity contribution is 0.544. The Bertz CT molecular complexity index is 758. The van der Waals surface area contributed by atoms with E-state index in [9.17, 15) is 0 Å². The summed E-state index contributed by atoms with van der Waals surface area (Å²) in [5.74, 6) is 1.22. The third-order valence-electron chi connectivity index (χ3n) is 3.52. The second kappa shape index (κ2) is 4.55. The molecule has 0 aliphatic heterocycles. The zero-order chi connectivity index (χ0) is 13.6. The molecular weight excluding hydrogens is 258 g/mol. The molecule has 0 bridgehead atoms. The van der Waals surface area contributed by atoms with Gasteiger partial charge in [0.1, 0.15) is 11.3 Å². The minimum atomic E-state index is 0.358. The minimum absolute atomic E-state index is 0.358. The fourth-order valence-corrected chi connectivity index (χ4v) is 3.00. The number of hydrogen-bond acceptors (Lipinski definition) is 2. The van der Waals surface area contributed by atoms with Crippen molar-refractivity contribution in [1.82, 2.24) is 0 Å². The summed E-state index contributed by atoms with van der Waals surface area (Å²) in [7, 11) is 0. The fraction of sp³-hybridized carbons (Fsp3) is 0.250. The van der Waals surface area contributed by atoms with Crippen LogP contribution in [0, 0.1) is 0 Å². The van der Waals surface area contributed by atoms with Crippen LogP contribution in [0.5, 0.6) is 0 Å². The van der Waals surface area contributed by atoms with Crippen LogP contribution in [0.25, 0.3) is 21.7 Å². The molecule has 0 atom stereocenters. The molecule has 0 spiro atoms. The Morgan fingerprint density at radius 2 is 1.84 bits per heavy atom. The van der Waals surface area contributed by atoms with E-state index in [1.807, 2.05) is 30.3 Å². The molecule has 2 nitrogen and oxygen atoms in total. The van der Waals surface area contributed by atoms with E-state index < -0.39 is 0 Å². The van der Waals surface area contributed by atoms with Crippen LogP contribution in [0.15, 0.2) is 34.7 Å². The van der Waals surface area contributed by atoms with Gasteiger partial charge in [0.05, 0.1) is 6.54 Å². The molecule has 0 fully saturated rings. The number of hydrogen-bond donors (Lipinski definition) is 1. The van der Waals surface area contributed by atoms with Crippen molar-refractivity contribution in [3.05, 3.63) is 46.7 Å². The largest absolute Gasteiger partial charge is 0.459 e. The lowest BCUT2D eigenvalue weighted by Gasteiger charge is -2.05. The number of fused-ring (bicyclic) bond motifs is 3. The molecule has 2 N–H and O–H groups in total. The Labute approximate surface area is 117 Å². The van der Waals surface area contributed by atoms with Gasteiger partial charge in [-0.3, -0.25) is 0 Å². The Morgan fingerprint density at radius 1 is 1.16 bits per heavy atom. The summed E-state index contributed by atoms with van der Waals surface area (Å²) in [4.78, 5) is 0. The summed E-state index contributed by atoms with van der Waals surface area (Å²) in [5, 5.41) is 3.91. The monoisotopic (exact) mass is 273 g/mol. The van der Waals surface area contributed by atoms with Crippen molar-refractivity contribution in [3.63, 3.8) is 0 Å². The van der Waals surface area contributed by atoms with Crippen LogP contribution < -0.4 is 5.73 Å². The summed E-state index contributed by atoms with van der Waals surface area (Å²) >= 11 is 6.39. The van der Waals surface area contributed by atoms with Crippen molar-refractivity contribution >= 4 is 33.3 Å². The van der Waals surface area contributed by atoms with Gasteiger partial charge >= 0.3 is 0 Å². The molecule has 0 radical (unpaired) electrons. The van der Waals surface area contributed by atoms with Crippen molar-refractivity contribution in [2.75, 3.05) is 0 Å². The van der Waals surface area contributed by atoms with Crippen molar-refractivity contribution in [2.24, 2.45) is 5.73 Å². The van der Waals surface area contributed by atoms with Gasteiger partial charge in [-0.05, 0) is 12.0 Å². The molecule has 0 aliphatic rings. The smallest absolute Gasteiger partial charge is 0.142 e. The standard InChI is InChI=1S/C16H16ClNO/c1-9(2)15-12-7-13(17)10-5-3-4-6-11(10)16(12)19-14(15)8-18/h3-7,9H,8,18H2,1-2H3. The van der Waals surface area contributed by atoms with Gasteiger partial charge in [0.2, 0.25) is 0 Å². The van der Waals surface area contributed by atoms with Gasteiger partial charge in [0.15, 0.2) is 0 Å². The van der Waals surface area contributed by atoms with E-state index in [0.717, 1.165) is 32.5 Å². The highest BCUT2D eigenvalue weighted by atomic mass is 35.5. The fourth-order valence-electron chi connectivity index (χ4n) is 2.73. The van der Waals surface area contributed by atoms with E-state index in [-0.39, 0.29) is 0 Å². The number of halogens is 1. The summed E-state index contributed by atoms with van der Waals surface area (Å²) in [6.45, 7) is 4.70. The molecule has 3 rings (SSSR count). The van der Waals surface area contributed by atoms with Gasteiger partial charge < -0.3 is 10.2 Å². The Kier molecular flexibility index (Phi) is 3.00. The summed E-state index contributed by atoms with van der Waals surface area (Å²) in [5.41, 5.74) is 7.87. The number of furan rings is 1. The molecule has 0 amide bonds. The Morgan fingerprint density at radius 3 is 2.47 bits per heavy atom. The third kappa shape index (κ3) is 1.83. The molecule has 1 heterocycles. The lowest BCUT2D eigenvalue weighted by Crippen LogP contribution is -1.99.